The Labute approximate surface area is 171 Å². The van der Waals surface area contributed by atoms with Gasteiger partial charge in [0, 0.05) is 5.69 Å². The monoisotopic (exact) mass is 391 g/mol. The van der Waals surface area contributed by atoms with Gasteiger partial charge in [-0.3, -0.25) is 4.79 Å². The summed E-state index contributed by atoms with van der Waals surface area (Å²) >= 11 is 0. The SMILES string of the molecule is COc1ccc(N(Cc2ccccc2)C(=O)COc2ccc(C)cc2OC)cc1. The fourth-order valence-corrected chi connectivity index (χ4v) is 2.96. The summed E-state index contributed by atoms with van der Waals surface area (Å²) < 4.78 is 16.4. The molecule has 0 spiro atoms. The summed E-state index contributed by atoms with van der Waals surface area (Å²) in [5.41, 5.74) is 2.87. The number of anilines is 1. The molecule has 0 N–H and O–H groups in total. The second kappa shape index (κ2) is 9.64. The lowest BCUT2D eigenvalue weighted by Gasteiger charge is -2.23. The van der Waals surface area contributed by atoms with Gasteiger partial charge in [0.15, 0.2) is 18.1 Å². The van der Waals surface area contributed by atoms with Crippen molar-refractivity contribution in [1.29, 1.82) is 0 Å². The van der Waals surface area contributed by atoms with E-state index in [0.717, 1.165) is 22.6 Å². The van der Waals surface area contributed by atoms with Crippen molar-refractivity contribution in [2.24, 2.45) is 0 Å². The first kappa shape index (κ1) is 20.3. The molecule has 0 aromatic heterocycles. The second-order valence-corrected chi connectivity index (χ2v) is 6.61. The van der Waals surface area contributed by atoms with E-state index in [4.69, 9.17) is 14.2 Å². The van der Waals surface area contributed by atoms with Crippen molar-refractivity contribution in [2.45, 2.75) is 13.5 Å². The molecular weight excluding hydrogens is 366 g/mol. The van der Waals surface area contributed by atoms with E-state index in [-0.39, 0.29) is 12.5 Å². The van der Waals surface area contributed by atoms with Gasteiger partial charge < -0.3 is 19.1 Å². The Morgan fingerprint density at radius 1 is 0.862 bits per heavy atom. The molecule has 0 aliphatic rings. The molecule has 3 rings (SSSR count). The van der Waals surface area contributed by atoms with Gasteiger partial charge in [0.2, 0.25) is 0 Å². The number of benzene rings is 3. The van der Waals surface area contributed by atoms with Crippen molar-refractivity contribution in [1.82, 2.24) is 0 Å². The van der Waals surface area contributed by atoms with Gasteiger partial charge in [-0.25, -0.2) is 0 Å². The van der Waals surface area contributed by atoms with Crippen LogP contribution in [-0.4, -0.2) is 26.7 Å². The minimum absolute atomic E-state index is 0.0989. The number of carbonyl (C=O) groups is 1. The Balaban J connectivity index is 1.80. The molecule has 5 heteroatoms. The predicted molar refractivity (Wildman–Crippen MR) is 114 cm³/mol. The molecule has 3 aromatic carbocycles. The maximum absolute atomic E-state index is 13.1. The van der Waals surface area contributed by atoms with Crippen LogP contribution in [0.4, 0.5) is 5.69 Å². The highest BCUT2D eigenvalue weighted by molar-refractivity contribution is 5.94. The van der Waals surface area contributed by atoms with Crippen molar-refractivity contribution in [2.75, 3.05) is 25.7 Å². The zero-order valence-electron chi connectivity index (χ0n) is 16.9. The van der Waals surface area contributed by atoms with E-state index < -0.39 is 0 Å². The molecule has 0 aliphatic carbocycles. The summed E-state index contributed by atoms with van der Waals surface area (Å²) in [6.45, 7) is 2.32. The number of methoxy groups -OCH3 is 2. The first-order chi connectivity index (χ1) is 14.1. The highest BCUT2D eigenvalue weighted by Crippen LogP contribution is 2.28. The number of hydrogen-bond donors (Lipinski definition) is 0. The summed E-state index contributed by atoms with van der Waals surface area (Å²) in [6.07, 6.45) is 0. The molecule has 1 amide bonds. The van der Waals surface area contributed by atoms with Gasteiger partial charge in [0.1, 0.15) is 5.75 Å². The number of amides is 1. The Morgan fingerprint density at radius 2 is 1.59 bits per heavy atom. The molecule has 0 aliphatic heterocycles. The highest BCUT2D eigenvalue weighted by Gasteiger charge is 2.18. The lowest BCUT2D eigenvalue weighted by atomic mass is 10.2. The molecule has 0 heterocycles. The van der Waals surface area contributed by atoms with Crippen LogP contribution in [0.5, 0.6) is 17.2 Å². The fourth-order valence-electron chi connectivity index (χ4n) is 2.96. The quantitative estimate of drug-likeness (QED) is 0.562. The van der Waals surface area contributed by atoms with E-state index in [9.17, 15) is 4.79 Å². The third-order valence-electron chi connectivity index (χ3n) is 4.54. The van der Waals surface area contributed by atoms with Gasteiger partial charge in [-0.15, -0.1) is 0 Å². The molecule has 0 radical (unpaired) electrons. The average Bonchev–Trinajstić information content (AvgIpc) is 2.77. The number of hydrogen-bond acceptors (Lipinski definition) is 4. The minimum atomic E-state index is -0.151. The van der Waals surface area contributed by atoms with Crippen LogP contribution in [0.25, 0.3) is 0 Å². The van der Waals surface area contributed by atoms with Crippen LogP contribution in [0.1, 0.15) is 11.1 Å². The Kier molecular flexibility index (Phi) is 6.74. The van der Waals surface area contributed by atoms with Gasteiger partial charge in [0.05, 0.1) is 20.8 Å². The summed E-state index contributed by atoms with van der Waals surface area (Å²) in [6, 6.07) is 22.9. The third kappa shape index (κ3) is 5.29. The summed E-state index contributed by atoms with van der Waals surface area (Å²) in [5.74, 6) is 1.74. The Hall–Kier alpha value is -3.47. The fraction of sp³-hybridized carbons (Fsp3) is 0.208. The number of ether oxygens (including phenoxy) is 3. The van der Waals surface area contributed by atoms with E-state index in [2.05, 4.69) is 0 Å². The Bertz CT molecular complexity index is 939. The molecule has 150 valence electrons. The number of aryl methyl sites for hydroxylation is 1. The lowest BCUT2D eigenvalue weighted by Crippen LogP contribution is -2.34. The van der Waals surface area contributed by atoms with Crippen LogP contribution in [0.15, 0.2) is 72.8 Å². The van der Waals surface area contributed by atoms with E-state index >= 15 is 0 Å². The molecular formula is C24H25NO4. The maximum atomic E-state index is 13.1. The molecule has 3 aromatic rings. The lowest BCUT2D eigenvalue weighted by molar-refractivity contribution is -0.120. The van der Waals surface area contributed by atoms with Gasteiger partial charge in [0.25, 0.3) is 5.91 Å². The standard InChI is InChI=1S/C24H25NO4/c1-18-9-14-22(23(15-18)28-3)29-17-24(26)25(16-19-7-5-4-6-8-19)20-10-12-21(27-2)13-11-20/h4-15H,16-17H2,1-3H3. The van der Waals surface area contributed by atoms with Crippen LogP contribution >= 0.6 is 0 Å². The Morgan fingerprint density at radius 3 is 2.24 bits per heavy atom. The van der Waals surface area contributed by atoms with Crippen molar-refractivity contribution in [3.8, 4) is 17.2 Å². The molecule has 0 unspecified atom stereocenters. The average molecular weight is 391 g/mol. The van der Waals surface area contributed by atoms with E-state index in [1.165, 1.54) is 0 Å². The molecule has 0 saturated heterocycles. The van der Waals surface area contributed by atoms with Crippen molar-refractivity contribution in [3.63, 3.8) is 0 Å². The van der Waals surface area contributed by atoms with E-state index in [1.54, 1.807) is 19.1 Å². The van der Waals surface area contributed by atoms with Gasteiger partial charge in [-0.1, -0.05) is 36.4 Å². The van der Waals surface area contributed by atoms with Crippen molar-refractivity contribution < 1.29 is 19.0 Å². The maximum Gasteiger partial charge on any atom is 0.265 e. The van der Waals surface area contributed by atoms with Gasteiger partial charge >= 0.3 is 0 Å². The van der Waals surface area contributed by atoms with Gasteiger partial charge in [-0.05, 0) is 54.4 Å². The molecule has 0 fully saturated rings. The third-order valence-corrected chi connectivity index (χ3v) is 4.54. The van der Waals surface area contributed by atoms with Crippen LogP contribution < -0.4 is 19.1 Å². The zero-order valence-corrected chi connectivity index (χ0v) is 16.9. The van der Waals surface area contributed by atoms with Crippen LogP contribution in [0.3, 0.4) is 0 Å². The molecule has 29 heavy (non-hydrogen) atoms. The molecule has 0 bridgehead atoms. The first-order valence-electron chi connectivity index (χ1n) is 9.36. The predicted octanol–water partition coefficient (Wildman–Crippen LogP) is 4.62. The number of rotatable bonds is 8. The molecule has 5 nitrogen and oxygen atoms in total. The van der Waals surface area contributed by atoms with Crippen molar-refractivity contribution in [3.05, 3.63) is 83.9 Å². The van der Waals surface area contributed by atoms with Crippen LogP contribution in [-0.2, 0) is 11.3 Å². The molecule has 0 saturated carbocycles. The minimum Gasteiger partial charge on any atom is -0.497 e. The zero-order chi connectivity index (χ0) is 20.6. The van der Waals surface area contributed by atoms with Crippen LogP contribution in [0, 0.1) is 6.92 Å². The van der Waals surface area contributed by atoms with Crippen LogP contribution in [0.2, 0.25) is 0 Å². The molecule has 0 atom stereocenters. The van der Waals surface area contributed by atoms with Crippen molar-refractivity contribution >= 4 is 11.6 Å². The van der Waals surface area contributed by atoms with Gasteiger partial charge in [-0.2, -0.15) is 0 Å². The van der Waals surface area contributed by atoms with E-state index in [0.29, 0.717) is 18.0 Å². The topological polar surface area (TPSA) is 48.0 Å². The normalized spacial score (nSPS) is 10.3. The number of nitrogens with zero attached hydrogens (tertiary/aromatic N) is 1. The second-order valence-electron chi connectivity index (χ2n) is 6.61. The van der Waals surface area contributed by atoms with E-state index in [1.807, 2.05) is 79.7 Å². The smallest absolute Gasteiger partial charge is 0.265 e. The number of carbonyl (C=O) groups excluding carboxylic acids is 1. The highest BCUT2D eigenvalue weighted by atomic mass is 16.5. The summed E-state index contributed by atoms with van der Waals surface area (Å²) in [4.78, 5) is 14.8. The largest absolute Gasteiger partial charge is 0.497 e. The first-order valence-corrected chi connectivity index (χ1v) is 9.36. The summed E-state index contributed by atoms with van der Waals surface area (Å²) in [5, 5.41) is 0. The summed E-state index contributed by atoms with van der Waals surface area (Å²) in [7, 11) is 3.20.